The van der Waals surface area contributed by atoms with Crippen LogP contribution in [-0.4, -0.2) is 35.7 Å². The minimum absolute atomic E-state index is 0.0377. The number of likely N-dealkylation sites (tertiary alicyclic amines) is 1. The van der Waals surface area contributed by atoms with Crippen molar-refractivity contribution in [2.45, 2.75) is 64.8 Å². The summed E-state index contributed by atoms with van der Waals surface area (Å²) in [6.07, 6.45) is 2.57. The van der Waals surface area contributed by atoms with E-state index in [-0.39, 0.29) is 22.8 Å². The van der Waals surface area contributed by atoms with Gasteiger partial charge < -0.3 is 15.1 Å². The van der Waals surface area contributed by atoms with E-state index in [0.29, 0.717) is 43.6 Å². The smallest absolute Gasteiger partial charge is 0.257 e. The highest BCUT2D eigenvalue weighted by atomic mass is 19.1. The van der Waals surface area contributed by atoms with Crippen molar-refractivity contribution in [2.24, 2.45) is 5.92 Å². The van der Waals surface area contributed by atoms with Crippen molar-refractivity contribution in [1.29, 1.82) is 0 Å². The summed E-state index contributed by atoms with van der Waals surface area (Å²) in [6, 6.07) is 19.4. The fourth-order valence-corrected chi connectivity index (χ4v) is 6.03. The van der Waals surface area contributed by atoms with Gasteiger partial charge in [-0.05, 0) is 78.6 Å². The highest BCUT2D eigenvalue weighted by Gasteiger charge is 2.40. The van der Waals surface area contributed by atoms with E-state index in [1.807, 2.05) is 48.5 Å². The van der Waals surface area contributed by atoms with Crippen molar-refractivity contribution in [3.05, 3.63) is 94.8 Å². The number of anilines is 2. The molecule has 3 aromatic carbocycles. The Morgan fingerprint density at radius 1 is 0.951 bits per heavy atom. The first kappa shape index (κ1) is 28.5. The molecule has 2 aliphatic rings. The molecule has 1 N–H and O–H groups in total. The summed E-state index contributed by atoms with van der Waals surface area (Å²) in [4.78, 5) is 43.5. The van der Waals surface area contributed by atoms with Crippen LogP contribution in [0.25, 0.3) is 0 Å². The first-order valence-corrected chi connectivity index (χ1v) is 14.4. The minimum Gasteiger partial charge on any atom is -0.331 e. The second kappa shape index (κ2) is 11.5. The molecule has 2 saturated heterocycles. The van der Waals surface area contributed by atoms with Gasteiger partial charge in [0.2, 0.25) is 11.8 Å². The second-order valence-corrected chi connectivity index (χ2v) is 12.2. The number of carbonyl (C=O) groups excluding carboxylic acids is 3. The molecule has 0 radical (unpaired) electrons. The van der Waals surface area contributed by atoms with Crippen LogP contribution in [-0.2, 0) is 15.0 Å². The van der Waals surface area contributed by atoms with Crippen LogP contribution in [0.5, 0.6) is 0 Å². The Labute approximate surface area is 241 Å². The number of hydrogen-bond acceptors (Lipinski definition) is 3. The molecule has 7 heteroatoms. The van der Waals surface area contributed by atoms with Crippen molar-refractivity contribution in [2.75, 3.05) is 23.3 Å². The molecule has 214 valence electrons. The van der Waals surface area contributed by atoms with E-state index in [1.54, 1.807) is 28.9 Å². The predicted octanol–water partition coefficient (Wildman–Crippen LogP) is 6.79. The number of hydrogen-bond donors (Lipinski definition) is 1. The molecule has 41 heavy (non-hydrogen) atoms. The molecule has 2 atom stereocenters. The first-order chi connectivity index (χ1) is 19.5. The standard InChI is InChI=1S/C34H38FN3O3/c1-22-9-5-13-28(35)30(22)33(41)38-20-7-12-27(32(40)36-25-11-6-10-24(21-25)34(2,3)4)31(38)23-15-17-26(18-16-23)37-19-8-14-29(37)39/h5-6,9-11,13,15-18,21,27,31H,7-8,12,14,19-20H2,1-4H3,(H,36,40)/t27-,31-/m0/s1. The van der Waals surface area contributed by atoms with Gasteiger partial charge in [0.05, 0.1) is 17.5 Å². The third-order valence-corrected chi connectivity index (χ3v) is 8.28. The molecule has 2 heterocycles. The summed E-state index contributed by atoms with van der Waals surface area (Å²) in [5.41, 5.74) is 3.92. The number of nitrogens with one attached hydrogen (secondary N) is 1. The van der Waals surface area contributed by atoms with E-state index in [0.717, 1.165) is 23.2 Å². The Morgan fingerprint density at radius 2 is 1.68 bits per heavy atom. The fraction of sp³-hybridized carbons (Fsp3) is 0.382. The number of rotatable bonds is 5. The predicted molar refractivity (Wildman–Crippen MR) is 159 cm³/mol. The average Bonchev–Trinajstić information content (AvgIpc) is 3.38. The molecule has 5 rings (SSSR count). The van der Waals surface area contributed by atoms with Gasteiger partial charge in [0.25, 0.3) is 5.91 Å². The van der Waals surface area contributed by atoms with Crippen molar-refractivity contribution < 1.29 is 18.8 Å². The van der Waals surface area contributed by atoms with Crippen LogP contribution in [0.15, 0.2) is 66.7 Å². The molecule has 0 saturated carbocycles. The maximum atomic E-state index is 15.0. The van der Waals surface area contributed by atoms with E-state index in [9.17, 15) is 18.8 Å². The van der Waals surface area contributed by atoms with Crippen molar-refractivity contribution in [3.8, 4) is 0 Å². The molecular formula is C34H38FN3O3. The maximum absolute atomic E-state index is 15.0. The summed E-state index contributed by atoms with van der Waals surface area (Å²) < 4.78 is 15.0. The molecule has 6 nitrogen and oxygen atoms in total. The lowest BCUT2D eigenvalue weighted by molar-refractivity contribution is -0.123. The summed E-state index contributed by atoms with van der Waals surface area (Å²) >= 11 is 0. The van der Waals surface area contributed by atoms with E-state index >= 15 is 0 Å². The number of aryl methyl sites for hydroxylation is 1. The van der Waals surface area contributed by atoms with Crippen LogP contribution in [0.1, 0.15) is 79.5 Å². The summed E-state index contributed by atoms with van der Waals surface area (Å²) in [7, 11) is 0. The van der Waals surface area contributed by atoms with Gasteiger partial charge >= 0.3 is 0 Å². The van der Waals surface area contributed by atoms with Crippen LogP contribution in [0.2, 0.25) is 0 Å². The second-order valence-electron chi connectivity index (χ2n) is 12.2. The van der Waals surface area contributed by atoms with Gasteiger partial charge in [-0.15, -0.1) is 0 Å². The van der Waals surface area contributed by atoms with Crippen molar-refractivity contribution in [3.63, 3.8) is 0 Å². The lowest BCUT2D eigenvalue weighted by Gasteiger charge is -2.41. The van der Waals surface area contributed by atoms with Crippen LogP contribution in [0.4, 0.5) is 15.8 Å². The SMILES string of the molecule is Cc1cccc(F)c1C(=O)N1CCC[C@H](C(=O)Nc2cccc(C(C)(C)C)c2)[C@@H]1c1ccc(N2CCCC2=O)cc1. The number of nitrogens with zero attached hydrogens (tertiary/aromatic N) is 2. The zero-order valence-electron chi connectivity index (χ0n) is 24.2. The number of carbonyl (C=O) groups is 3. The number of halogens is 1. The molecule has 0 bridgehead atoms. The molecule has 0 aliphatic carbocycles. The molecule has 2 aliphatic heterocycles. The van der Waals surface area contributed by atoms with E-state index < -0.39 is 23.7 Å². The lowest BCUT2D eigenvalue weighted by atomic mass is 9.83. The molecular weight excluding hydrogens is 517 g/mol. The van der Waals surface area contributed by atoms with Crippen molar-refractivity contribution >= 4 is 29.1 Å². The number of piperidine rings is 1. The van der Waals surface area contributed by atoms with Gasteiger partial charge in [-0.1, -0.05) is 57.2 Å². The monoisotopic (exact) mass is 555 g/mol. The van der Waals surface area contributed by atoms with E-state index in [4.69, 9.17) is 0 Å². The van der Waals surface area contributed by atoms with Crippen molar-refractivity contribution in [1.82, 2.24) is 4.90 Å². The van der Waals surface area contributed by atoms with Gasteiger partial charge in [-0.3, -0.25) is 14.4 Å². The van der Waals surface area contributed by atoms with Gasteiger partial charge in [-0.2, -0.15) is 0 Å². The maximum Gasteiger partial charge on any atom is 0.257 e. The highest BCUT2D eigenvalue weighted by Crippen LogP contribution is 2.39. The normalized spacial score (nSPS) is 19.4. The Morgan fingerprint density at radius 3 is 2.34 bits per heavy atom. The first-order valence-electron chi connectivity index (χ1n) is 14.4. The van der Waals surface area contributed by atoms with E-state index in [2.05, 4.69) is 26.1 Å². The van der Waals surface area contributed by atoms with Gasteiger partial charge in [-0.25, -0.2) is 4.39 Å². The summed E-state index contributed by atoms with van der Waals surface area (Å²) in [6.45, 7) is 9.18. The van der Waals surface area contributed by atoms with Gasteiger partial charge in [0.1, 0.15) is 5.82 Å². The van der Waals surface area contributed by atoms with Gasteiger partial charge in [0.15, 0.2) is 0 Å². The Kier molecular flexibility index (Phi) is 7.98. The Balaban J connectivity index is 1.50. The quantitative estimate of drug-likeness (QED) is 0.377. The average molecular weight is 556 g/mol. The molecule has 0 spiro atoms. The molecule has 3 aromatic rings. The fourth-order valence-electron chi connectivity index (χ4n) is 6.03. The van der Waals surface area contributed by atoms with Crippen LogP contribution < -0.4 is 10.2 Å². The van der Waals surface area contributed by atoms with E-state index in [1.165, 1.54) is 6.07 Å². The van der Waals surface area contributed by atoms with Gasteiger partial charge in [0, 0.05) is 30.9 Å². The van der Waals surface area contributed by atoms with Crippen LogP contribution in [0, 0.1) is 18.7 Å². The third kappa shape index (κ3) is 5.90. The molecule has 0 aromatic heterocycles. The largest absolute Gasteiger partial charge is 0.331 e. The summed E-state index contributed by atoms with van der Waals surface area (Å²) in [5, 5.41) is 3.10. The van der Waals surface area contributed by atoms with Crippen LogP contribution >= 0.6 is 0 Å². The molecule has 3 amide bonds. The van der Waals surface area contributed by atoms with Crippen LogP contribution in [0.3, 0.4) is 0 Å². The number of benzene rings is 3. The molecule has 0 unspecified atom stereocenters. The minimum atomic E-state index is -0.593. The zero-order valence-corrected chi connectivity index (χ0v) is 24.2. The Bertz CT molecular complexity index is 1440. The zero-order chi connectivity index (χ0) is 29.3. The lowest BCUT2D eigenvalue weighted by Crippen LogP contribution is -2.46. The third-order valence-electron chi connectivity index (χ3n) is 8.28. The summed E-state index contributed by atoms with van der Waals surface area (Å²) in [5.74, 6) is -1.62. The number of amides is 3. The molecule has 2 fully saturated rings. The highest BCUT2D eigenvalue weighted by molar-refractivity contribution is 5.98. The Hall–Kier alpha value is -4.00. The topological polar surface area (TPSA) is 69.7 Å².